The molecule has 1 heterocycles. The van der Waals surface area contributed by atoms with Gasteiger partial charge in [0.15, 0.2) is 0 Å². The van der Waals surface area contributed by atoms with Crippen LogP contribution in [-0.2, 0) is 31.5 Å². The van der Waals surface area contributed by atoms with Gasteiger partial charge in [-0.05, 0) is 5.56 Å². The summed E-state index contributed by atoms with van der Waals surface area (Å²) in [6.45, 7) is 1.24. The van der Waals surface area contributed by atoms with Gasteiger partial charge in [0, 0.05) is 5.56 Å². The maximum Gasteiger partial charge on any atom is 0.249 e. The second-order valence-corrected chi connectivity index (χ2v) is 5.29. The summed E-state index contributed by atoms with van der Waals surface area (Å²) in [6, 6.07) is 19.1. The largest absolute Gasteiger partial charge is 0.343 e. The normalized spacial score (nSPS) is 16.2. The number of carbonyl (C=O) groups excluding carboxylic acids is 1. The zero-order chi connectivity index (χ0) is 16.0. The van der Waals surface area contributed by atoms with Gasteiger partial charge in [-0.3, -0.25) is 9.63 Å². The van der Waals surface area contributed by atoms with E-state index >= 15 is 0 Å². The minimum Gasteiger partial charge on any atom is -0.343 e. The first-order valence-electron chi connectivity index (χ1n) is 7.56. The SMILES string of the molecule is O=C(CC1(c2ccccc2)OCCO1)NOCc1ccccc1. The molecule has 120 valence electrons. The lowest BCUT2D eigenvalue weighted by atomic mass is 10.0. The van der Waals surface area contributed by atoms with Crippen molar-refractivity contribution < 1.29 is 19.1 Å². The standard InChI is InChI=1S/C18H19NO4/c20-17(19-23-14-15-7-3-1-4-8-15)13-18(21-11-12-22-18)16-9-5-2-6-10-16/h1-10H,11-14H2,(H,19,20). The van der Waals surface area contributed by atoms with Crippen molar-refractivity contribution in [1.82, 2.24) is 5.48 Å². The summed E-state index contributed by atoms with van der Waals surface area (Å²) in [4.78, 5) is 17.4. The molecule has 1 fully saturated rings. The molecule has 1 aliphatic rings. The summed E-state index contributed by atoms with van der Waals surface area (Å²) in [7, 11) is 0. The lowest BCUT2D eigenvalue weighted by Gasteiger charge is -2.27. The van der Waals surface area contributed by atoms with Crippen LogP contribution in [0.1, 0.15) is 17.5 Å². The molecule has 0 saturated carbocycles. The van der Waals surface area contributed by atoms with E-state index in [9.17, 15) is 4.79 Å². The van der Waals surface area contributed by atoms with Gasteiger partial charge in [-0.2, -0.15) is 0 Å². The Labute approximate surface area is 135 Å². The molecule has 0 unspecified atom stereocenters. The Morgan fingerprint density at radius 3 is 2.26 bits per heavy atom. The third kappa shape index (κ3) is 3.96. The van der Waals surface area contributed by atoms with Crippen LogP contribution in [0.5, 0.6) is 0 Å². The highest BCUT2D eigenvalue weighted by Crippen LogP contribution is 2.34. The van der Waals surface area contributed by atoms with Crippen LogP contribution >= 0.6 is 0 Å². The van der Waals surface area contributed by atoms with E-state index in [2.05, 4.69) is 5.48 Å². The van der Waals surface area contributed by atoms with Crippen molar-refractivity contribution in [2.75, 3.05) is 13.2 Å². The molecule has 1 amide bonds. The molecule has 1 N–H and O–H groups in total. The summed E-state index contributed by atoms with van der Waals surface area (Å²) >= 11 is 0. The third-order valence-electron chi connectivity index (χ3n) is 3.63. The van der Waals surface area contributed by atoms with Crippen LogP contribution in [0.25, 0.3) is 0 Å². The van der Waals surface area contributed by atoms with Crippen molar-refractivity contribution in [3.05, 3.63) is 71.8 Å². The van der Waals surface area contributed by atoms with Crippen LogP contribution in [0.3, 0.4) is 0 Å². The molecular weight excluding hydrogens is 294 g/mol. The van der Waals surface area contributed by atoms with Gasteiger partial charge in [0.05, 0.1) is 26.2 Å². The van der Waals surface area contributed by atoms with E-state index in [1.54, 1.807) is 0 Å². The molecule has 1 aliphatic heterocycles. The summed E-state index contributed by atoms with van der Waals surface area (Å²) in [5.74, 6) is -1.31. The Morgan fingerprint density at radius 2 is 1.61 bits per heavy atom. The highest BCUT2D eigenvalue weighted by Gasteiger charge is 2.40. The molecule has 0 aromatic heterocycles. The third-order valence-corrected chi connectivity index (χ3v) is 3.63. The van der Waals surface area contributed by atoms with E-state index in [-0.39, 0.29) is 12.3 Å². The quantitative estimate of drug-likeness (QED) is 0.833. The molecule has 0 radical (unpaired) electrons. The molecule has 5 heteroatoms. The molecule has 3 rings (SSSR count). The number of hydroxylamine groups is 1. The first-order valence-corrected chi connectivity index (χ1v) is 7.56. The van der Waals surface area contributed by atoms with Gasteiger partial charge in [-0.15, -0.1) is 0 Å². The number of nitrogens with one attached hydrogen (secondary N) is 1. The van der Waals surface area contributed by atoms with Crippen LogP contribution in [-0.4, -0.2) is 19.1 Å². The van der Waals surface area contributed by atoms with Crippen molar-refractivity contribution in [2.45, 2.75) is 18.8 Å². The van der Waals surface area contributed by atoms with E-state index < -0.39 is 5.79 Å². The monoisotopic (exact) mass is 313 g/mol. The smallest absolute Gasteiger partial charge is 0.249 e. The molecule has 5 nitrogen and oxygen atoms in total. The maximum atomic E-state index is 12.2. The van der Waals surface area contributed by atoms with Crippen molar-refractivity contribution in [3.8, 4) is 0 Å². The van der Waals surface area contributed by atoms with Crippen LogP contribution in [0, 0.1) is 0 Å². The molecule has 0 spiro atoms. The first kappa shape index (κ1) is 15.7. The van der Waals surface area contributed by atoms with Crippen molar-refractivity contribution in [3.63, 3.8) is 0 Å². The molecule has 0 bridgehead atoms. The Balaban J connectivity index is 1.57. The molecule has 2 aromatic carbocycles. The first-order chi connectivity index (χ1) is 11.3. The molecular formula is C18H19NO4. The van der Waals surface area contributed by atoms with Crippen molar-refractivity contribution in [1.29, 1.82) is 0 Å². The fourth-order valence-electron chi connectivity index (χ4n) is 2.54. The number of benzene rings is 2. The minimum absolute atomic E-state index is 0.0474. The van der Waals surface area contributed by atoms with E-state index in [1.807, 2.05) is 60.7 Å². The van der Waals surface area contributed by atoms with E-state index in [0.29, 0.717) is 19.8 Å². The lowest BCUT2D eigenvalue weighted by Crippen LogP contribution is -2.35. The second kappa shape index (κ2) is 7.37. The van der Waals surface area contributed by atoms with Crippen molar-refractivity contribution in [2.24, 2.45) is 0 Å². The van der Waals surface area contributed by atoms with Gasteiger partial charge in [-0.25, -0.2) is 5.48 Å². The van der Waals surface area contributed by atoms with Gasteiger partial charge in [0.1, 0.15) is 0 Å². The highest BCUT2D eigenvalue weighted by molar-refractivity contribution is 5.76. The van der Waals surface area contributed by atoms with Crippen molar-refractivity contribution >= 4 is 5.91 Å². The average molecular weight is 313 g/mol. The molecule has 0 atom stereocenters. The van der Waals surface area contributed by atoms with E-state index in [1.165, 1.54) is 0 Å². The average Bonchev–Trinajstić information content (AvgIpc) is 3.06. The van der Waals surface area contributed by atoms with Gasteiger partial charge in [0.2, 0.25) is 11.7 Å². The van der Waals surface area contributed by atoms with E-state index in [0.717, 1.165) is 11.1 Å². The fourth-order valence-corrected chi connectivity index (χ4v) is 2.54. The van der Waals surface area contributed by atoms with Crippen LogP contribution in [0.4, 0.5) is 0 Å². The number of rotatable bonds is 6. The van der Waals surface area contributed by atoms with Crippen LogP contribution < -0.4 is 5.48 Å². The van der Waals surface area contributed by atoms with Gasteiger partial charge >= 0.3 is 0 Å². The van der Waals surface area contributed by atoms with Gasteiger partial charge < -0.3 is 9.47 Å². The maximum absolute atomic E-state index is 12.2. The van der Waals surface area contributed by atoms with Gasteiger partial charge in [0.25, 0.3) is 0 Å². The molecule has 0 aliphatic carbocycles. The Kier molecular flexibility index (Phi) is 5.02. The minimum atomic E-state index is -1.03. The van der Waals surface area contributed by atoms with E-state index in [4.69, 9.17) is 14.3 Å². The predicted molar refractivity (Wildman–Crippen MR) is 84.0 cm³/mol. The van der Waals surface area contributed by atoms with Crippen LogP contribution in [0.2, 0.25) is 0 Å². The lowest BCUT2D eigenvalue weighted by molar-refractivity contribution is -0.182. The Morgan fingerprint density at radius 1 is 1.00 bits per heavy atom. The fraction of sp³-hybridized carbons (Fsp3) is 0.278. The predicted octanol–water partition coefficient (Wildman–Crippen LogP) is 2.52. The van der Waals surface area contributed by atoms with Crippen LogP contribution in [0.15, 0.2) is 60.7 Å². The number of amides is 1. The number of hydrogen-bond donors (Lipinski definition) is 1. The number of ether oxygens (including phenoxy) is 2. The zero-order valence-corrected chi connectivity index (χ0v) is 12.7. The molecule has 1 saturated heterocycles. The van der Waals surface area contributed by atoms with Gasteiger partial charge in [-0.1, -0.05) is 60.7 Å². The second-order valence-electron chi connectivity index (χ2n) is 5.29. The highest BCUT2D eigenvalue weighted by atomic mass is 16.7. The zero-order valence-electron chi connectivity index (χ0n) is 12.7. The number of carbonyl (C=O) groups is 1. The molecule has 2 aromatic rings. The summed E-state index contributed by atoms with van der Waals surface area (Å²) in [5.41, 5.74) is 4.27. The summed E-state index contributed by atoms with van der Waals surface area (Å²) < 4.78 is 11.4. The summed E-state index contributed by atoms with van der Waals surface area (Å²) in [5, 5.41) is 0. The Bertz CT molecular complexity index is 624. The Hall–Kier alpha value is -2.21. The number of hydrogen-bond acceptors (Lipinski definition) is 4. The topological polar surface area (TPSA) is 56.8 Å². The molecule has 23 heavy (non-hydrogen) atoms. The summed E-state index contributed by atoms with van der Waals surface area (Å²) in [6.07, 6.45) is 0.0474.